The molecule has 1 fully saturated rings. The zero-order valence-corrected chi connectivity index (χ0v) is 14.8. The predicted molar refractivity (Wildman–Crippen MR) is 97.7 cm³/mol. The van der Waals surface area contributed by atoms with Crippen LogP contribution in [0.25, 0.3) is 0 Å². The highest BCUT2D eigenvalue weighted by atomic mass is 19.4. The number of amides is 3. The van der Waals surface area contributed by atoms with E-state index in [0.29, 0.717) is 19.6 Å². The summed E-state index contributed by atoms with van der Waals surface area (Å²) < 4.78 is 38.3. The summed E-state index contributed by atoms with van der Waals surface area (Å²) in [6, 6.07) is 10.2. The van der Waals surface area contributed by atoms with Crippen molar-refractivity contribution < 1.29 is 22.8 Å². The fourth-order valence-electron chi connectivity index (χ4n) is 3.10. The molecule has 2 aromatic carbocycles. The number of nitrogens with zero attached hydrogens (tertiary/aromatic N) is 1. The van der Waals surface area contributed by atoms with E-state index in [2.05, 4.69) is 10.6 Å². The molecule has 28 heavy (non-hydrogen) atoms. The maximum absolute atomic E-state index is 12.8. The van der Waals surface area contributed by atoms with Gasteiger partial charge in [0, 0.05) is 30.9 Å². The average molecular weight is 392 g/mol. The zero-order valence-electron chi connectivity index (χ0n) is 14.8. The Balaban J connectivity index is 1.73. The second-order valence-electron chi connectivity index (χ2n) is 6.41. The normalized spacial score (nSPS) is 17.2. The van der Waals surface area contributed by atoms with Crippen molar-refractivity contribution in [1.82, 2.24) is 10.2 Å². The number of urea groups is 1. The first-order valence-electron chi connectivity index (χ1n) is 8.61. The van der Waals surface area contributed by atoms with Crippen LogP contribution in [0.5, 0.6) is 0 Å². The molecule has 2 aromatic rings. The van der Waals surface area contributed by atoms with Crippen LogP contribution in [0.15, 0.2) is 48.5 Å². The highest BCUT2D eigenvalue weighted by Gasteiger charge is 2.30. The predicted octanol–water partition coefficient (Wildman–Crippen LogP) is 2.98. The Morgan fingerprint density at radius 1 is 1.14 bits per heavy atom. The summed E-state index contributed by atoms with van der Waals surface area (Å²) in [5, 5.41) is 5.65. The monoisotopic (exact) mass is 392 g/mol. The first-order valence-corrected chi connectivity index (χ1v) is 8.61. The van der Waals surface area contributed by atoms with Crippen molar-refractivity contribution in [2.75, 3.05) is 25.0 Å². The molecule has 0 aromatic heterocycles. The highest BCUT2D eigenvalue weighted by molar-refractivity contribution is 6.04. The van der Waals surface area contributed by atoms with Crippen LogP contribution >= 0.6 is 0 Å². The molecule has 3 rings (SSSR count). The molecule has 0 spiro atoms. The van der Waals surface area contributed by atoms with Gasteiger partial charge in [0.05, 0.1) is 11.6 Å². The molecule has 3 amide bonds. The van der Waals surface area contributed by atoms with Gasteiger partial charge in [-0.05, 0) is 35.9 Å². The number of benzene rings is 2. The number of carbonyl (C=O) groups is 2. The summed E-state index contributed by atoms with van der Waals surface area (Å²) in [7, 11) is 0. The van der Waals surface area contributed by atoms with Crippen LogP contribution < -0.4 is 16.4 Å². The number of nitrogens with one attached hydrogen (secondary N) is 2. The van der Waals surface area contributed by atoms with Crippen LogP contribution in [0.1, 0.15) is 27.5 Å². The fraction of sp³-hybridized carbons (Fsp3) is 0.263. The van der Waals surface area contributed by atoms with Gasteiger partial charge in [0.2, 0.25) is 0 Å². The molecule has 0 bridgehead atoms. The molecular formula is C19H19F3N4O2. The van der Waals surface area contributed by atoms with Gasteiger partial charge in [0.25, 0.3) is 5.91 Å². The minimum atomic E-state index is -4.48. The Morgan fingerprint density at radius 3 is 2.50 bits per heavy atom. The third-order valence-electron chi connectivity index (χ3n) is 4.53. The lowest BCUT2D eigenvalue weighted by Crippen LogP contribution is -2.50. The van der Waals surface area contributed by atoms with Gasteiger partial charge >= 0.3 is 12.2 Å². The van der Waals surface area contributed by atoms with Crippen molar-refractivity contribution in [2.45, 2.75) is 12.2 Å². The number of piperazine rings is 1. The second-order valence-corrected chi connectivity index (χ2v) is 6.41. The number of primary amides is 1. The summed E-state index contributed by atoms with van der Waals surface area (Å²) in [6.45, 7) is 1.67. The SMILES string of the molecule is NC(=O)N1CCNCC1c1ccc(C(=O)Nc2cccc(C(F)(F)F)c2)cc1. The van der Waals surface area contributed by atoms with Crippen molar-refractivity contribution in [3.8, 4) is 0 Å². The van der Waals surface area contributed by atoms with Crippen molar-refractivity contribution in [3.63, 3.8) is 0 Å². The van der Waals surface area contributed by atoms with Crippen molar-refractivity contribution >= 4 is 17.6 Å². The van der Waals surface area contributed by atoms with Gasteiger partial charge in [-0.25, -0.2) is 4.79 Å². The van der Waals surface area contributed by atoms with Gasteiger partial charge in [-0.1, -0.05) is 18.2 Å². The lowest BCUT2D eigenvalue weighted by atomic mass is 10.0. The number of carbonyl (C=O) groups excluding carboxylic acids is 2. The Bertz CT molecular complexity index is 868. The first-order chi connectivity index (χ1) is 13.3. The molecule has 4 N–H and O–H groups in total. The van der Waals surface area contributed by atoms with E-state index in [1.54, 1.807) is 29.2 Å². The van der Waals surface area contributed by atoms with E-state index in [9.17, 15) is 22.8 Å². The van der Waals surface area contributed by atoms with Gasteiger partial charge in [0.15, 0.2) is 0 Å². The standard InChI is InChI=1S/C19H19F3N4O2/c20-19(21,22)14-2-1-3-15(10-14)25-17(27)13-6-4-12(5-7-13)16-11-24-8-9-26(16)18(23)28/h1-7,10,16,24H,8-9,11H2,(H2,23,28)(H,25,27). The maximum Gasteiger partial charge on any atom is 0.416 e. The summed E-state index contributed by atoms with van der Waals surface area (Å²) in [6.07, 6.45) is -4.48. The molecule has 0 radical (unpaired) electrons. The van der Waals surface area contributed by atoms with Crippen LogP contribution in [0.3, 0.4) is 0 Å². The molecule has 0 saturated carbocycles. The highest BCUT2D eigenvalue weighted by Crippen LogP contribution is 2.30. The van der Waals surface area contributed by atoms with Gasteiger partial charge in [-0.15, -0.1) is 0 Å². The fourth-order valence-corrected chi connectivity index (χ4v) is 3.10. The van der Waals surface area contributed by atoms with Gasteiger partial charge in [0.1, 0.15) is 0 Å². The van der Waals surface area contributed by atoms with E-state index in [1.807, 2.05) is 0 Å². The molecule has 1 heterocycles. The van der Waals surface area contributed by atoms with E-state index in [1.165, 1.54) is 12.1 Å². The summed E-state index contributed by atoms with van der Waals surface area (Å²) in [5.74, 6) is -0.528. The largest absolute Gasteiger partial charge is 0.416 e. The molecule has 0 aliphatic carbocycles. The van der Waals surface area contributed by atoms with Crippen LogP contribution in [0.4, 0.5) is 23.7 Å². The number of anilines is 1. The quantitative estimate of drug-likeness (QED) is 0.751. The Hall–Kier alpha value is -3.07. The molecule has 1 aliphatic heterocycles. The molecule has 1 aliphatic rings. The second kappa shape index (κ2) is 7.89. The third kappa shape index (κ3) is 4.42. The van der Waals surface area contributed by atoms with E-state index >= 15 is 0 Å². The maximum atomic E-state index is 12.8. The molecule has 148 valence electrons. The number of nitrogens with two attached hydrogens (primary N) is 1. The van der Waals surface area contributed by atoms with Crippen LogP contribution in [-0.2, 0) is 6.18 Å². The smallest absolute Gasteiger partial charge is 0.351 e. The van der Waals surface area contributed by atoms with E-state index < -0.39 is 23.7 Å². The zero-order chi connectivity index (χ0) is 20.3. The van der Waals surface area contributed by atoms with Crippen LogP contribution in [0, 0.1) is 0 Å². The topological polar surface area (TPSA) is 87.5 Å². The summed E-state index contributed by atoms with van der Waals surface area (Å²) >= 11 is 0. The summed E-state index contributed by atoms with van der Waals surface area (Å²) in [4.78, 5) is 25.5. The van der Waals surface area contributed by atoms with E-state index in [0.717, 1.165) is 17.7 Å². The molecule has 1 unspecified atom stereocenters. The third-order valence-corrected chi connectivity index (χ3v) is 4.53. The van der Waals surface area contributed by atoms with Crippen molar-refractivity contribution in [3.05, 3.63) is 65.2 Å². The number of hydrogen-bond donors (Lipinski definition) is 3. The van der Waals surface area contributed by atoms with Gasteiger partial charge in [-0.2, -0.15) is 13.2 Å². The van der Waals surface area contributed by atoms with E-state index in [4.69, 9.17) is 5.73 Å². The van der Waals surface area contributed by atoms with Crippen LogP contribution in [0.2, 0.25) is 0 Å². The van der Waals surface area contributed by atoms with Gasteiger partial charge in [-0.3, -0.25) is 4.79 Å². The molecule has 1 saturated heterocycles. The van der Waals surface area contributed by atoms with Crippen molar-refractivity contribution in [1.29, 1.82) is 0 Å². The number of hydrogen-bond acceptors (Lipinski definition) is 3. The Morgan fingerprint density at radius 2 is 1.86 bits per heavy atom. The summed E-state index contributed by atoms with van der Waals surface area (Å²) in [5.41, 5.74) is 5.73. The average Bonchev–Trinajstić information content (AvgIpc) is 2.67. The number of rotatable bonds is 3. The number of halogens is 3. The lowest BCUT2D eigenvalue weighted by Gasteiger charge is -2.35. The molecule has 1 atom stereocenters. The van der Waals surface area contributed by atoms with E-state index in [-0.39, 0.29) is 17.3 Å². The molecule has 6 nitrogen and oxygen atoms in total. The Kier molecular flexibility index (Phi) is 5.55. The van der Waals surface area contributed by atoms with Crippen molar-refractivity contribution in [2.24, 2.45) is 5.73 Å². The minimum Gasteiger partial charge on any atom is -0.351 e. The first kappa shape index (κ1) is 19.7. The number of alkyl halides is 3. The lowest BCUT2D eigenvalue weighted by molar-refractivity contribution is -0.137. The Labute approximate surface area is 159 Å². The molecular weight excluding hydrogens is 373 g/mol. The minimum absolute atomic E-state index is 0.0558. The van der Waals surface area contributed by atoms with Gasteiger partial charge < -0.3 is 21.3 Å². The van der Waals surface area contributed by atoms with Crippen LogP contribution in [-0.4, -0.2) is 36.5 Å². The molecule has 9 heteroatoms.